The molecule has 2 saturated heterocycles. The number of hydrogen-bond acceptors (Lipinski definition) is 5. The zero-order valence-corrected chi connectivity index (χ0v) is 9.60. The van der Waals surface area contributed by atoms with Crippen LogP contribution in [0.25, 0.3) is 0 Å². The zero-order valence-electron chi connectivity index (χ0n) is 9.60. The minimum atomic E-state index is -0.00491. The number of phenolic OH excluding ortho intramolecular Hbond substituents is 2. The smallest absolute Gasteiger partial charge is 0.156 e. The molecule has 0 bridgehead atoms. The van der Waals surface area contributed by atoms with E-state index in [0.29, 0.717) is 23.2 Å². The first-order valence-electron chi connectivity index (χ1n) is 5.68. The first-order chi connectivity index (χ1) is 8.15. The van der Waals surface area contributed by atoms with Gasteiger partial charge in [0.2, 0.25) is 0 Å². The van der Waals surface area contributed by atoms with Crippen LogP contribution in [0.3, 0.4) is 0 Å². The summed E-state index contributed by atoms with van der Waals surface area (Å²) in [6.07, 6.45) is 0.620. The number of phenols is 2. The quantitative estimate of drug-likeness (QED) is 0.461. The molecule has 2 fully saturated rings. The van der Waals surface area contributed by atoms with E-state index in [-0.39, 0.29) is 17.1 Å². The van der Waals surface area contributed by atoms with Crippen LogP contribution in [0.4, 0.5) is 11.4 Å². The highest BCUT2D eigenvalue weighted by atomic mass is 16.3. The average Bonchev–Trinajstić information content (AvgIpc) is 3.14. The largest absolute Gasteiger partial charge is 0.505 e. The molecule has 0 atom stereocenters. The molecule has 17 heavy (non-hydrogen) atoms. The Morgan fingerprint density at radius 1 is 1.00 bits per heavy atom. The van der Waals surface area contributed by atoms with Gasteiger partial charge in [-0.1, -0.05) is 0 Å². The lowest BCUT2D eigenvalue weighted by Gasteiger charge is -2.18. The lowest BCUT2D eigenvalue weighted by atomic mass is 10.0. The molecule has 0 aliphatic carbocycles. The van der Waals surface area contributed by atoms with Crippen molar-refractivity contribution in [2.24, 2.45) is 0 Å². The molecule has 5 heteroatoms. The normalized spacial score (nSPS) is 17.2. The van der Waals surface area contributed by atoms with Gasteiger partial charge in [0.15, 0.2) is 12.0 Å². The molecular formula is C12H14N2O3. The number of benzene rings is 1. The molecule has 1 aromatic rings. The van der Waals surface area contributed by atoms with Crippen LogP contribution in [0.1, 0.15) is 15.9 Å². The van der Waals surface area contributed by atoms with Crippen molar-refractivity contribution < 1.29 is 15.0 Å². The summed E-state index contributed by atoms with van der Waals surface area (Å²) in [4.78, 5) is 14.9. The van der Waals surface area contributed by atoms with Crippen molar-refractivity contribution in [3.8, 4) is 11.5 Å². The Kier molecular flexibility index (Phi) is 1.98. The maximum atomic E-state index is 11.1. The van der Waals surface area contributed by atoms with Gasteiger partial charge in [0.1, 0.15) is 5.75 Å². The maximum absolute atomic E-state index is 11.1. The molecular weight excluding hydrogens is 220 g/mol. The van der Waals surface area contributed by atoms with E-state index >= 15 is 0 Å². The van der Waals surface area contributed by atoms with Crippen LogP contribution in [0.5, 0.6) is 11.5 Å². The van der Waals surface area contributed by atoms with E-state index in [1.54, 1.807) is 6.92 Å². The number of carbonyl (C=O) groups is 1. The fourth-order valence-electron chi connectivity index (χ4n) is 2.20. The van der Waals surface area contributed by atoms with E-state index in [4.69, 9.17) is 0 Å². The average molecular weight is 234 g/mol. The van der Waals surface area contributed by atoms with E-state index in [0.717, 1.165) is 26.2 Å². The fourth-order valence-corrected chi connectivity index (χ4v) is 2.20. The summed E-state index contributed by atoms with van der Waals surface area (Å²) in [6.45, 7) is 5.11. The van der Waals surface area contributed by atoms with Gasteiger partial charge in [-0.05, 0) is 6.92 Å². The second-order valence-electron chi connectivity index (χ2n) is 4.53. The Morgan fingerprint density at radius 2 is 1.53 bits per heavy atom. The first-order valence-corrected chi connectivity index (χ1v) is 5.68. The number of nitrogens with zero attached hydrogens (tertiary/aromatic N) is 2. The number of hydrogen-bond donors (Lipinski definition) is 2. The van der Waals surface area contributed by atoms with Crippen LogP contribution in [0.15, 0.2) is 0 Å². The summed E-state index contributed by atoms with van der Waals surface area (Å²) >= 11 is 0. The van der Waals surface area contributed by atoms with Crippen LogP contribution >= 0.6 is 0 Å². The lowest BCUT2D eigenvalue weighted by Crippen LogP contribution is -2.04. The van der Waals surface area contributed by atoms with E-state index in [2.05, 4.69) is 0 Å². The molecule has 2 aliphatic heterocycles. The molecule has 90 valence electrons. The predicted octanol–water partition coefficient (Wildman–Crippen LogP) is 0.859. The SMILES string of the molecule is Cc1c(O)c(N2CC2)c(C=O)c(O)c1N1CC1. The third-order valence-electron chi connectivity index (χ3n) is 3.31. The van der Waals surface area contributed by atoms with E-state index in [1.165, 1.54) is 0 Å². The van der Waals surface area contributed by atoms with Crippen LogP contribution in [0.2, 0.25) is 0 Å². The van der Waals surface area contributed by atoms with Gasteiger partial charge in [-0.2, -0.15) is 0 Å². The van der Waals surface area contributed by atoms with E-state index in [9.17, 15) is 15.0 Å². The summed E-state index contributed by atoms with van der Waals surface area (Å²) in [5.41, 5.74) is 1.91. The van der Waals surface area contributed by atoms with Crippen molar-refractivity contribution in [1.82, 2.24) is 0 Å². The summed E-state index contributed by atoms with van der Waals surface area (Å²) < 4.78 is 0. The molecule has 2 aliphatic rings. The zero-order chi connectivity index (χ0) is 12.2. The molecule has 0 radical (unpaired) electrons. The fraction of sp³-hybridized carbons (Fsp3) is 0.417. The molecule has 0 saturated carbocycles. The van der Waals surface area contributed by atoms with Gasteiger partial charge in [-0.15, -0.1) is 0 Å². The predicted molar refractivity (Wildman–Crippen MR) is 64.3 cm³/mol. The van der Waals surface area contributed by atoms with E-state index in [1.807, 2.05) is 9.80 Å². The number of aromatic hydroxyl groups is 2. The van der Waals surface area contributed by atoms with Gasteiger partial charge in [0.25, 0.3) is 0 Å². The second-order valence-corrected chi connectivity index (χ2v) is 4.53. The number of aldehydes is 1. The van der Waals surface area contributed by atoms with Crippen molar-refractivity contribution in [2.45, 2.75) is 6.92 Å². The second kappa shape index (κ2) is 3.29. The molecule has 0 amide bonds. The molecule has 2 heterocycles. The Hall–Kier alpha value is -1.91. The Balaban J connectivity index is 2.26. The van der Waals surface area contributed by atoms with Gasteiger partial charge in [0.05, 0.1) is 16.9 Å². The summed E-state index contributed by atoms with van der Waals surface area (Å²) in [7, 11) is 0. The first kappa shape index (κ1) is 10.3. The molecule has 3 rings (SSSR count). The van der Waals surface area contributed by atoms with Gasteiger partial charge < -0.3 is 20.0 Å². The minimum absolute atomic E-state index is 0.00491. The third kappa shape index (κ3) is 1.42. The summed E-state index contributed by atoms with van der Waals surface area (Å²) in [5.74, 6) is 0.110. The molecule has 0 spiro atoms. The van der Waals surface area contributed by atoms with Gasteiger partial charge in [0, 0.05) is 31.7 Å². The lowest BCUT2D eigenvalue weighted by molar-refractivity contribution is 0.112. The van der Waals surface area contributed by atoms with Crippen molar-refractivity contribution in [3.63, 3.8) is 0 Å². The Morgan fingerprint density at radius 3 is 2.00 bits per heavy atom. The molecule has 2 N–H and O–H groups in total. The Bertz CT molecular complexity index is 505. The molecule has 0 aromatic heterocycles. The highest BCUT2D eigenvalue weighted by Crippen LogP contribution is 2.49. The topological polar surface area (TPSA) is 63.6 Å². The maximum Gasteiger partial charge on any atom is 0.156 e. The number of anilines is 2. The monoisotopic (exact) mass is 234 g/mol. The van der Waals surface area contributed by atoms with Gasteiger partial charge in [-0.25, -0.2) is 0 Å². The van der Waals surface area contributed by atoms with Crippen LogP contribution in [-0.4, -0.2) is 42.7 Å². The van der Waals surface area contributed by atoms with Crippen molar-refractivity contribution in [1.29, 1.82) is 0 Å². The molecule has 1 aromatic carbocycles. The van der Waals surface area contributed by atoms with Gasteiger partial charge >= 0.3 is 0 Å². The van der Waals surface area contributed by atoms with Crippen LogP contribution < -0.4 is 9.80 Å². The number of rotatable bonds is 3. The van der Waals surface area contributed by atoms with Gasteiger partial charge in [-0.3, -0.25) is 4.79 Å². The molecule has 5 nitrogen and oxygen atoms in total. The van der Waals surface area contributed by atoms with Crippen molar-refractivity contribution in [3.05, 3.63) is 11.1 Å². The van der Waals surface area contributed by atoms with Crippen molar-refractivity contribution in [2.75, 3.05) is 36.0 Å². The standard InChI is InChI=1S/C12H14N2O3/c1-7-9(13-2-3-13)12(17)8(6-15)10(11(7)16)14-4-5-14/h6,16-17H,2-5H2,1H3. The minimum Gasteiger partial charge on any atom is -0.505 e. The van der Waals surface area contributed by atoms with Crippen LogP contribution in [0, 0.1) is 6.92 Å². The third-order valence-corrected chi connectivity index (χ3v) is 3.31. The molecule has 0 unspecified atom stereocenters. The highest BCUT2D eigenvalue weighted by molar-refractivity contribution is 5.97. The Labute approximate surface area is 98.9 Å². The van der Waals surface area contributed by atoms with Crippen LogP contribution in [-0.2, 0) is 0 Å². The summed E-state index contributed by atoms with van der Waals surface area (Å²) in [6, 6.07) is 0. The summed E-state index contributed by atoms with van der Waals surface area (Å²) in [5, 5.41) is 20.3. The highest BCUT2D eigenvalue weighted by Gasteiger charge is 2.33. The number of carbonyl (C=O) groups excluding carboxylic acids is 1. The van der Waals surface area contributed by atoms with Crippen molar-refractivity contribution >= 4 is 17.7 Å². The van der Waals surface area contributed by atoms with E-state index < -0.39 is 0 Å².